The maximum Gasteiger partial charge on any atom is 0.317 e. The van der Waals surface area contributed by atoms with Gasteiger partial charge in [-0.25, -0.2) is 0 Å². The first-order valence-corrected chi connectivity index (χ1v) is 11.5. The number of carbonyl (C=O) groups is 2. The van der Waals surface area contributed by atoms with Gasteiger partial charge in [0.25, 0.3) is 0 Å². The fraction of sp³-hybridized carbons (Fsp3) is 0.320. The van der Waals surface area contributed by atoms with Gasteiger partial charge in [0.05, 0.1) is 5.56 Å². The van der Waals surface area contributed by atoms with Gasteiger partial charge in [-0.15, -0.1) is 0 Å². The first-order chi connectivity index (χ1) is 18.6. The zero-order valence-electron chi connectivity index (χ0n) is 19.9. The number of fused-ring (bicyclic) bond motifs is 2. The van der Waals surface area contributed by atoms with Crippen molar-refractivity contribution in [2.75, 3.05) is 13.4 Å². The quantitative estimate of drug-likeness (QED) is 0.196. The van der Waals surface area contributed by atoms with E-state index < -0.39 is 66.9 Å². The Kier molecular flexibility index (Phi) is 7.01. The van der Waals surface area contributed by atoms with E-state index in [1.165, 1.54) is 36.6 Å². The predicted molar refractivity (Wildman–Crippen MR) is 126 cm³/mol. The van der Waals surface area contributed by atoms with Crippen LogP contribution in [0.1, 0.15) is 6.42 Å². The third-order valence-corrected chi connectivity index (χ3v) is 6.17. The standard InChI is InChI=1S/C25H22O14/c26-16(27)6-17(28)35-8-15-20(30)22(32)23(33)25(39-15)38-11-3-1-10(2-4-11)12-7-34-13-5-14-24(37-9-36-14)21(31)18(13)19(12)29/h1-5,7,15,20,22-23,25,30-33H,6,8-9H2,(H,26,27)/t15-,20-,22+,23-,25-/m1/s1. The summed E-state index contributed by atoms with van der Waals surface area (Å²) in [7, 11) is 0. The Morgan fingerprint density at radius 1 is 1.03 bits per heavy atom. The highest BCUT2D eigenvalue weighted by atomic mass is 16.7. The molecule has 14 nitrogen and oxygen atoms in total. The lowest BCUT2D eigenvalue weighted by atomic mass is 9.99. The number of esters is 1. The van der Waals surface area contributed by atoms with Gasteiger partial charge in [-0.05, 0) is 17.7 Å². The molecule has 14 heteroatoms. The summed E-state index contributed by atoms with van der Waals surface area (Å²) >= 11 is 0. The van der Waals surface area contributed by atoms with Gasteiger partial charge in [-0.1, -0.05) is 12.1 Å². The van der Waals surface area contributed by atoms with E-state index in [9.17, 15) is 34.8 Å². The monoisotopic (exact) mass is 546 g/mol. The molecule has 5 rings (SSSR count). The maximum atomic E-state index is 13.1. The molecule has 1 aromatic heterocycles. The Morgan fingerprint density at radius 3 is 2.49 bits per heavy atom. The van der Waals surface area contributed by atoms with E-state index in [2.05, 4.69) is 0 Å². The highest BCUT2D eigenvalue weighted by Crippen LogP contribution is 2.44. The lowest BCUT2D eigenvalue weighted by Crippen LogP contribution is -2.60. The molecule has 0 radical (unpaired) electrons. The maximum absolute atomic E-state index is 13.1. The molecule has 1 saturated heterocycles. The lowest BCUT2D eigenvalue weighted by Gasteiger charge is -2.39. The summed E-state index contributed by atoms with van der Waals surface area (Å²) in [5.74, 6) is -2.45. The normalized spacial score (nSPS) is 23.9. The Bertz CT molecular complexity index is 1460. The predicted octanol–water partition coefficient (Wildman–Crippen LogP) is 0.0986. The van der Waals surface area contributed by atoms with Crippen LogP contribution in [0.15, 0.2) is 45.8 Å². The van der Waals surface area contributed by atoms with E-state index in [-0.39, 0.29) is 40.6 Å². The summed E-state index contributed by atoms with van der Waals surface area (Å²) < 4.78 is 31.8. The van der Waals surface area contributed by atoms with Crippen molar-refractivity contribution in [2.24, 2.45) is 0 Å². The van der Waals surface area contributed by atoms with Crippen LogP contribution < -0.4 is 19.6 Å². The topological polar surface area (TPSA) is 212 Å². The summed E-state index contributed by atoms with van der Waals surface area (Å²) in [5, 5.41) is 49.7. The smallest absolute Gasteiger partial charge is 0.317 e. The van der Waals surface area contributed by atoms with Crippen molar-refractivity contribution in [2.45, 2.75) is 37.1 Å². The molecule has 2 aliphatic heterocycles. The summed E-state index contributed by atoms with van der Waals surface area (Å²) in [6, 6.07) is 7.33. The van der Waals surface area contributed by atoms with Crippen molar-refractivity contribution in [3.63, 3.8) is 0 Å². The van der Waals surface area contributed by atoms with Gasteiger partial charge in [-0.3, -0.25) is 14.4 Å². The van der Waals surface area contributed by atoms with Crippen LogP contribution in [0.3, 0.4) is 0 Å². The zero-order chi connectivity index (χ0) is 27.8. The Labute approximate surface area is 218 Å². The molecule has 0 amide bonds. The van der Waals surface area contributed by atoms with E-state index >= 15 is 0 Å². The highest BCUT2D eigenvalue weighted by molar-refractivity contribution is 5.91. The van der Waals surface area contributed by atoms with Gasteiger partial charge in [0.15, 0.2) is 11.5 Å². The van der Waals surface area contributed by atoms with Crippen molar-refractivity contribution in [1.29, 1.82) is 0 Å². The second-order valence-electron chi connectivity index (χ2n) is 8.72. The number of rotatable bonds is 7. The largest absolute Gasteiger partial charge is 0.504 e. The number of phenols is 1. The Balaban J connectivity index is 1.32. The van der Waals surface area contributed by atoms with Crippen molar-refractivity contribution in [3.05, 3.63) is 46.8 Å². The third-order valence-electron chi connectivity index (χ3n) is 6.17. The van der Waals surface area contributed by atoms with Crippen LogP contribution in [0.5, 0.6) is 23.0 Å². The van der Waals surface area contributed by atoms with Gasteiger partial charge >= 0.3 is 11.9 Å². The second kappa shape index (κ2) is 10.4. The lowest BCUT2D eigenvalue weighted by molar-refractivity contribution is -0.278. The van der Waals surface area contributed by atoms with Crippen LogP contribution in [0.2, 0.25) is 0 Å². The number of aromatic hydroxyl groups is 1. The first kappa shape index (κ1) is 26.2. The summed E-state index contributed by atoms with van der Waals surface area (Å²) in [5.41, 5.74) is 0.111. The number of ether oxygens (including phenoxy) is 5. The molecular formula is C25H22O14. The molecule has 0 saturated carbocycles. The Morgan fingerprint density at radius 2 is 1.77 bits per heavy atom. The van der Waals surface area contributed by atoms with E-state index in [0.29, 0.717) is 5.56 Å². The van der Waals surface area contributed by atoms with Crippen molar-refractivity contribution < 1.29 is 63.2 Å². The number of carboxylic acids is 1. The third kappa shape index (κ3) is 5.05. The summed E-state index contributed by atoms with van der Waals surface area (Å²) in [6.07, 6.45) is -7.56. The molecule has 2 aromatic carbocycles. The molecule has 3 aromatic rings. The van der Waals surface area contributed by atoms with Gasteiger partial charge in [0.1, 0.15) is 60.4 Å². The minimum Gasteiger partial charge on any atom is -0.504 e. The molecular weight excluding hydrogens is 524 g/mol. The SMILES string of the molecule is O=C(O)CC(=O)OC[C@H]1O[C@@H](Oc2ccc(-c3coc4cc5c(c(O)c4c3=O)OCO5)cc2)[C@H](O)[C@@H](O)[C@@H]1O. The van der Waals surface area contributed by atoms with Crippen molar-refractivity contribution in [3.8, 4) is 34.1 Å². The molecule has 0 bridgehead atoms. The number of aliphatic carboxylic acids is 1. The van der Waals surface area contributed by atoms with Crippen molar-refractivity contribution >= 4 is 22.9 Å². The van der Waals surface area contributed by atoms with Crippen LogP contribution in [-0.2, 0) is 19.1 Å². The molecule has 0 aliphatic carbocycles. The minimum atomic E-state index is -1.73. The molecule has 39 heavy (non-hydrogen) atoms. The van der Waals surface area contributed by atoms with Crippen LogP contribution in [0.25, 0.3) is 22.1 Å². The molecule has 206 valence electrons. The van der Waals surface area contributed by atoms with E-state index in [4.69, 9.17) is 33.2 Å². The number of hydrogen-bond acceptors (Lipinski definition) is 13. The first-order valence-electron chi connectivity index (χ1n) is 11.5. The van der Waals surface area contributed by atoms with Crippen LogP contribution >= 0.6 is 0 Å². The fourth-order valence-electron chi connectivity index (χ4n) is 4.17. The van der Waals surface area contributed by atoms with E-state index in [0.717, 1.165) is 0 Å². The highest BCUT2D eigenvalue weighted by Gasteiger charge is 2.45. The van der Waals surface area contributed by atoms with Crippen LogP contribution in [-0.4, -0.2) is 81.6 Å². The molecule has 5 atom stereocenters. The van der Waals surface area contributed by atoms with E-state index in [1.807, 2.05) is 0 Å². The average Bonchev–Trinajstić information content (AvgIpc) is 3.38. The van der Waals surface area contributed by atoms with Gasteiger partial charge in [-0.2, -0.15) is 0 Å². The van der Waals surface area contributed by atoms with E-state index in [1.54, 1.807) is 0 Å². The van der Waals surface area contributed by atoms with Gasteiger partial charge in [0.2, 0.25) is 24.3 Å². The number of carbonyl (C=O) groups excluding carboxylic acids is 1. The minimum absolute atomic E-state index is 0.0454. The number of carboxylic acid groups (broad SMARTS) is 1. The van der Waals surface area contributed by atoms with Crippen LogP contribution in [0.4, 0.5) is 0 Å². The van der Waals surface area contributed by atoms with Crippen LogP contribution in [0, 0.1) is 0 Å². The van der Waals surface area contributed by atoms with Gasteiger partial charge in [0, 0.05) is 6.07 Å². The Hall–Kier alpha value is -4.37. The molecule has 1 fully saturated rings. The zero-order valence-corrected chi connectivity index (χ0v) is 19.9. The second-order valence-corrected chi connectivity index (χ2v) is 8.72. The summed E-state index contributed by atoms with van der Waals surface area (Å²) in [4.78, 5) is 35.2. The van der Waals surface area contributed by atoms with Crippen molar-refractivity contribution in [1.82, 2.24) is 0 Å². The molecule has 0 unspecified atom stereocenters. The number of aliphatic hydroxyl groups is 3. The van der Waals surface area contributed by atoms with Gasteiger partial charge < -0.3 is 53.6 Å². The average molecular weight is 546 g/mol. The molecule has 2 aliphatic rings. The number of aliphatic hydroxyl groups excluding tert-OH is 3. The molecule has 0 spiro atoms. The molecule has 3 heterocycles. The molecule has 5 N–H and O–H groups in total. The number of hydrogen-bond donors (Lipinski definition) is 5. The number of phenolic OH excluding ortho intramolecular Hbond substituents is 1. The fourth-order valence-corrected chi connectivity index (χ4v) is 4.17. The number of benzene rings is 2. The summed E-state index contributed by atoms with van der Waals surface area (Å²) in [6.45, 7) is -0.700.